The van der Waals surface area contributed by atoms with Crippen molar-refractivity contribution in [1.29, 1.82) is 0 Å². The number of esters is 1. The molecule has 0 aromatic heterocycles. The van der Waals surface area contributed by atoms with E-state index in [0.29, 0.717) is 17.2 Å². The first-order chi connectivity index (χ1) is 14.0. The number of benzene rings is 2. The van der Waals surface area contributed by atoms with Crippen molar-refractivity contribution in [2.45, 2.75) is 13.0 Å². The van der Waals surface area contributed by atoms with Crippen molar-refractivity contribution >= 4 is 18.0 Å². The summed E-state index contributed by atoms with van der Waals surface area (Å²) in [4.78, 5) is 24.0. The lowest BCUT2D eigenvalue weighted by Crippen LogP contribution is -2.31. The fourth-order valence-electron chi connectivity index (χ4n) is 2.69. The predicted octanol–water partition coefficient (Wildman–Crippen LogP) is 3.15. The monoisotopic (exact) mass is 399 g/mol. The maximum Gasteiger partial charge on any atom is 0.331 e. The minimum atomic E-state index is -0.627. The molecule has 2 rings (SSSR count). The number of hydrogen-bond donors (Lipinski definition) is 1. The average Bonchev–Trinajstić information content (AvgIpc) is 2.75. The number of methoxy groups -OCH3 is 3. The molecule has 0 aliphatic carbocycles. The van der Waals surface area contributed by atoms with Gasteiger partial charge in [0.05, 0.1) is 27.4 Å². The minimum Gasteiger partial charge on any atom is -0.497 e. The van der Waals surface area contributed by atoms with E-state index in [2.05, 4.69) is 5.32 Å². The van der Waals surface area contributed by atoms with E-state index in [0.717, 1.165) is 11.1 Å². The van der Waals surface area contributed by atoms with Gasteiger partial charge < -0.3 is 24.3 Å². The highest BCUT2D eigenvalue weighted by Crippen LogP contribution is 2.29. The minimum absolute atomic E-state index is 0.365. The summed E-state index contributed by atoms with van der Waals surface area (Å²) in [7, 11) is 4.66. The quantitative estimate of drug-likeness (QED) is 0.515. The normalized spacial score (nSPS) is 11.6. The van der Waals surface area contributed by atoms with Gasteiger partial charge >= 0.3 is 5.97 Å². The standard InChI is InChI=1S/C22H25NO6/c1-15(18-13-17(26-2)10-11-20(18)28-4)23-21(24)14-29-22(25)12-9-16-7-5-6-8-19(16)27-3/h5-13,15H,14H2,1-4H3,(H,23,24)/b12-9+/t15-/m0/s1. The second-order valence-electron chi connectivity index (χ2n) is 6.08. The van der Waals surface area contributed by atoms with Crippen LogP contribution in [0.3, 0.4) is 0 Å². The fraction of sp³-hybridized carbons (Fsp3) is 0.273. The molecule has 1 N–H and O–H groups in total. The molecule has 7 nitrogen and oxygen atoms in total. The van der Waals surface area contributed by atoms with Gasteiger partial charge in [-0.2, -0.15) is 0 Å². The van der Waals surface area contributed by atoms with E-state index < -0.39 is 18.5 Å². The van der Waals surface area contributed by atoms with Gasteiger partial charge in [-0.15, -0.1) is 0 Å². The first kappa shape index (κ1) is 21.8. The fourth-order valence-corrected chi connectivity index (χ4v) is 2.69. The van der Waals surface area contributed by atoms with Gasteiger partial charge in [-0.25, -0.2) is 4.79 Å². The molecular weight excluding hydrogens is 374 g/mol. The Morgan fingerprint density at radius 2 is 1.72 bits per heavy atom. The summed E-state index contributed by atoms with van der Waals surface area (Å²) in [5, 5.41) is 2.77. The van der Waals surface area contributed by atoms with E-state index in [1.807, 2.05) is 12.1 Å². The van der Waals surface area contributed by atoms with Gasteiger partial charge in [0.1, 0.15) is 17.2 Å². The number of rotatable bonds is 9. The van der Waals surface area contributed by atoms with Gasteiger partial charge in [-0.1, -0.05) is 18.2 Å². The van der Waals surface area contributed by atoms with Crippen LogP contribution in [0.25, 0.3) is 6.08 Å². The van der Waals surface area contributed by atoms with Gasteiger partial charge in [0.25, 0.3) is 5.91 Å². The van der Waals surface area contributed by atoms with E-state index in [1.54, 1.807) is 64.7 Å². The van der Waals surface area contributed by atoms with Crippen LogP contribution in [0.1, 0.15) is 24.1 Å². The number of amides is 1. The number of hydrogen-bond acceptors (Lipinski definition) is 6. The van der Waals surface area contributed by atoms with Crippen LogP contribution >= 0.6 is 0 Å². The highest BCUT2D eigenvalue weighted by atomic mass is 16.5. The summed E-state index contributed by atoms with van der Waals surface area (Å²) < 4.78 is 20.8. The van der Waals surface area contributed by atoms with Crippen LogP contribution < -0.4 is 19.5 Å². The maximum absolute atomic E-state index is 12.2. The van der Waals surface area contributed by atoms with Gasteiger partial charge in [0.2, 0.25) is 0 Å². The molecule has 0 aliphatic heterocycles. The van der Waals surface area contributed by atoms with Gasteiger partial charge in [-0.05, 0) is 37.3 Å². The SMILES string of the molecule is COc1ccc(OC)c([C@H](C)NC(=O)COC(=O)/C=C/c2ccccc2OC)c1. The Morgan fingerprint density at radius 1 is 1.00 bits per heavy atom. The third-order valence-electron chi connectivity index (χ3n) is 4.16. The molecule has 29 heavy (non-hydrogen) atoms. The topological polar surface area (TPSA) is 83.1 Å². The largest absolute Gasteiger partial charge is 0.497 e. The lowest BCUT2D eigenvalue weighted by Gasteiger charge is -2.18. The Labute approximate surface area is 170 Å². The lowest BCUT2D eigenvalue weighted by molar-refractivity contribution is -0.144. The zero-order chi connectivity index (χ0) is 21.2. The molecule has 0 unspecified atom stereocenters. The lowest BCUT2D eigenvalue weighted by atomic mass is 10.1. The molecule has 0 aliphatic rings. The molecule has 7 heteroatoms. The molecule has 0 radical (unpaired) electrons. The summed E-state index contributed by atoms with van der Waals surface area (Å²) in [6.45, 7) is 1.41. The zero-order valence-electron chi connectivity index (χ0n) is 16.9. The average molecular weight is 399 g/mol. The van der Waals surface area contributed by atoms with Gasteiger partial charge in [0.15, 0.2) is 6.61 Å². The number of ether oxygens (including phenoxy) is 4. The molecule has 1 atom stereocenters. The van der Waals surface area contributed by atoms with Crippen molar-refractivity contribution < 1.29 is 28.5 Å². The van der Waals surface area contributed by atoms with Gasteiger partial charge in [-0.3, -0.25) is 4.79 Å². The number of carbonyl (C=O) groups is 2. The van der Waals surface area contributed by atoms with Crippen LogP contribution in [0.4, 0.5) is 0 Å². The van der Waals surface area contributed by atoms with Crippen molar-refractivity contribution in [1.82, 2.24) is 5.32 Å². The summed E-state index contributed by atoms with van der Waals surface area (Å²) in [5.74, 6) is 0.847. The van der Waals surface area contributed by atoms with E-state index in [1.165, 1.54) is 6.08 Å². The van der Waals surface area contributed by atoms with Crippen LogP contribution in [0, 0.1) is 0 Å². The van der Waals surface area contributed by atoms with Crippen molar-refractivity contribution in [3.05, 3.63) is 59.7 Å². The zero-order valence-corrected chi connectivity index (χ0v) is 16.9. The predicted molar refractivity (Wildman–Crippen MR) is 109 cm³/mol. The van der Waals surface area contributed by atoms with Crippen molar-refractivity contribution in [3.63, 3.8) is 0 Å². The molecule has 0 spiro atoms. The van der Waals surface area contributed by atoms with Crippen LogP contribution in [-0.2, 0) is 14.3 Å². The Hall–Kier alpha value is -3.48. The summed E-state index contributed by atoms with van der Waals surface area (Å²) in [5.41, 5.74) is 1.48. The number of nitrogens with one attached hydrogen (secondary N) is 1. The van der Waals surface area contributed by atoms with Crippen LogP contribution in [0.2, 0.25) is 0 Å². The summed E-state index contributed by atoms with van der Waals surface area (Å²) >= 11 is 0. The molecule has 0 saturated heterocycles. The Kier molecular flexibility index (Phi) is 8.09. The molecule has 154 valence electrons. The summed E-state index contributed by atoms with van der Waals surface area (Å²) in [6.07, 6.45) is 2.82. The highest BCUT2D eigenvalue weighted by molar-refractivity contribution is 5.89. The third-order valence-corrected chi connectivity index (χ3v) is 4.16. The molecular formula is C22H25NO6. The van der Waals surface area contributed by atoms with E-state index in [-0.39, 0.29) is 6.04 Å². The first-order valence-corrected chi connectivity index (χ1v) is 8.97. The first-order valence-electron chi connectivity index (χ1n) is 8.97. The molecule has 2 aromatic rings. The molecule has 0 saturated carbocycles. The van der Waals surface area contributed by atoms with E-state index >= 15 is 0 Å². The van der Waals surface area contributed by atoms with Crippen LogP contribution in [0.15, 0.2) is 48.5 Å². The molecule has 0 bridgehead atoms. The van der Waals surface area contributed by atoms with Crippen molar-refractivity contribution in [3.8, 4) is 17.2 Å². The van der Waals surface area contributed by atoms with Crippen molar-refractivity contribution in [2.24, 2.45) is 0 Å². The number of para-hydroxylation sites is 1. The second kappa shape index (κ2) is 10.8. The Balaban J connectivity index is 1.91. The second-order valence-corrected chi connectivity index (χ2v) is 6.08. The maximum atomic E-state index is 12.2. The highest BCUT2D eigenvalue weighted by Gasteiger charge is 2.16. The van der Waals surface area contributed by atoms with E-state index in [9.17, 15) is 9.59 Å². The molecule has 0 heterocycles. The van der Waals surface area contributed by atoms with E-state index in [4.69, 9.17) is 18.9 Å². The van der Waals surface area contributed by atoms with Crippen LogP contribution in [-0.4, -0.2) is 39.8 Å². The van der Waals surface area contributed by atoms with Crippen LogP contribution in [0.5, 0.6) is 17.2 Å². The third kappa shape index (κ3) is 6.27. The Bertz CT molecular complexity index is 877. The Morgan fingerprint density at radius 3 is 2.41 bits per heavy atom. The summed E-state index contributed by atoms with van der Waals surface area (Å²) in [6, 6.07) is 12.2. The number of carbonyl (C=O) groups excluding carboxylic acids is 2. The molecule has 0 fully saturated rings. The smallest absolute Gasteiger partial charge is 0.331 e. The molecule has 1 amide bonds. The molecule has 2 aromatic carbocycles. The van der Waals surface area contributed by atoms with Crippen molar-refractivity contribution in [2.75, 3.05) is 27.9 Å². The van der Waals surface area contributed by atoms with Gasteiger partial charge in [0, 0.05) is 17.2 Å².